The van der Waals surface area contributed by atoms with Crippen molar-refractivity contribution in [1.29, 1.82) is 0 Å². The Morgan fingerprint density at radius 1 is 1.13 bits per heavy atom. The molecule has 1 aliphatic rings. The summed E-state index contributed by atoms with van der Waals surface area (Å²) in [5.74, 6) is -1.08. The van der Waals surface area contributed by atoms with Gasteiger partial charge in [0.15, 0.2) is 5.11 Å². The molecule has 0 radical (unpaired) electrons. The van der Waals surface area contributed by atoms with Gasteiger partial charge in [0.2, 0.25) is 0 Å². The molecule has 0 aliphatic carbocycles. The average molecular weight is 506 g/mol. The summed E-state index contributed by atoms with van der Waals surface area (Å²) in [5.41, 5.74) is 0.882. The van der Waals surface area contributed by atoms with E-state index < -0.39 is 17.6 Å². The Hall–Kier alpha value is -2.81. The van der Waals surface area contributed by atoms with Crippen molar-refractivity contribution in [3.05, 3.63) is 81.2 Å². The van der Waals surface area contributed by atoms with Gasteiger partial charge in [-0.05, 0) is 60.8 Å². The predicted octanol–water partition coefficient (Wildman–Crippen LogP) is 5.33. The first-order valence-electron chi connectivity index (χ1n) is 8.56. The second-order valence-electron chi connectivity index (χ2n) is 6.27. The Kier molecular flexibility index (Phi) is 5.55. The molecule has 1 aliphatic heterocycles. The van der Waals surface area contributed by atoms with Gasteiger partial charge in [-0.15, -0.1) is 0 Å². The van der Waals surface area contributed by atoms with E-state index in [1.54, 1.807) is 12.1 Å². The maximum Gasteiger partial charge on any atom is 0.270 e. The minimum atomic E-state index is -0.674. The molecule has 1 N–H and O–H groups in total. The van der Waals surface area contributed by atoms with E-state index in [1.807, 2.05) is 24.3 Å². The Labute approximate surface area is 189 Å². The van der Waals surface area contributed by atoms with Crippen LogP contribution >= 0.6 is 39.7 Å². The van der Waals surface area contributed by atoms with E-state index >= 15 is 0 Å². The van der Waals surface area contributed by atoms with E-state index in [2.05, 4.69) is 21.2 Å². The van der Waals surface area contributed by atoms with Crippen LogP contribution in [0, 0.1) is 5.82 Å². The molecule has 2 aromatic carbocycles. The molecule has 0 spiro atoms. The summed E-state index contributed by atoms with van der Waals surface area (Å²) >= 11 is 14.3. The fourth-order valence-electron chi connectivity index (χ4n) is 2.89. The lowest BCUT2D eigenvalue weighted by atomic mass is 10.1. The fourth-order valence-corrected chi connectivity index (χ4v) is 3.74. The zero-order chi connectivity index (χ0) is 21.4. The lowest BCUT2D eigenvalue weighted by Gasteiger charge is -2.28. The Bertz CT molecular complexity index is 1240. The monoisotopic (exact) mass is 504 g/mol. The topological polar surface area (TPSA) is 62.6 Å². The Morgan fingerprint density at radius 2 is 1.93 bits per heavy atom. The highest BCUT2D eigenvalue weighted by molar-refractivity contribution is 9.10. The van der Waals surface area contributed by atoms with Gasteiger partial charge in [-0.2, -0.15) is 0 Å². The molecule has 4 rings (SSSR count). The first kappa shape index (κ1) is 20.5. The third-order valence-corrected chi connectivity index (χ3v) is 5.35. The zero-order valence-corrected chi connectivity index (χ0v) is 18.1. The molecule has 0 saturated carbocycles. The van der Waals surface area contributed by atoms with E-state index in [9.17, 15) is 14.0 Å². The Morgan fingerprint density at radius 3 is 2.67 bits per heavy atom. The summed E-state index contributed by atoms with van der Waals surface area (Å²) < 4.78 is 20.2. The number of rotatable bonds is 3. The molecule has 1 saturated heterocycles. The van der Waals surface area contributed by atoms with Crippen molar-refractivity contribution >= 4 is 68.4 Å². The lowest BCUT2D eigenvalue weighted by molar-refractivity contribution is -0.122. The smallest absolute Gasteiger partial charge is 0.270 e. The normalized spacial score (nSPS) is 15.6. The summed E-state index contributed by atoms with van der Waals surface area (Å²) in [7, 11) is 0. The van der Waals surface area contributed by atoms with Crippen molar-refractivity contribution in [2.45, 2.75) is 0 Å². The summed E-state index contributed by atoms with van der Waals surface area (Å²) in [6.07, 6.45) is 1.33. The highest BCUT2D eigenvalue weighted by atomic mass is 79.9. The largest absolute Gasteiger partial charge is 0.457 e. The van der Waals surface area contributed by atoms with Gasteiger partial charge in [-0.25, -0.2) is 4.39 Å². The third kappa shape index (κ3) is 3.94. The van der Waals surface area contributed by atoms with E-state index in [1.165, 1.54) is 18.2 Å². The van der Waals surface area contributed by atoms with Crippen molar-refractivity contribution < 1.29 is 18.4 Å². The third-order valence-electron chi connectivity index (χ3n) is 4.29. The van der Waals surface area contributed by atoms with E-state index in [-0.39, 0.29) is 21.4 Å². The molecule has 2 amide bonds. The second-order valence-corrected chi connectivity index (χ2v) is 7.98. The van der Waals surface area contributed by atoms with Crippen LogP contribution in [-0.4, -0.2) is 16.9 Å². The minimum Gasteiger partial charge on any atom is -0.457 e. The summed E-state index contributed by atoms with van der Waals surface area (Å²) in [6.45, 7) is 0. The van der Waals surface area contributed by atoms with Crippen molar-refractivity contribution in [1.82, 2.24) is 5.32 Å². The molecular weight excluding hydrogens is 495 g/mol. The fraction of sp³-hybridized carbons (Fsp3) is 0. The summed E-state index contributed by atoms with van der Waals surface area (Å²) in [6, 6.07) is 14.6. The first-order valence-corrected chi connectivity index (χ1v) is 10.1. The van der Waals surface area contributed by atoms with Crippen LogP contribution < -0.4 is 10.2 Å². The van der Waals surface area contributed by atoms with Crippen LogP contribution in [0.3, 0.4) is 0 Å². The number of furan rings is 1. The summed E-state index contributed by atoms with van der Waals surface area (Å²) in [5, 5.41) is 2.16. The van der Waals surface area contributed by atoms with Gasteiger partial charge in [0.25, 0.3) is 11.8 Å². The van der Waals surface area contributed by atoms with E-state index in [0.717, 1.165) is 21.0 Å². The molecule has 3 aromatic rings. The maximum absolute atomic E-state index is 13.5. The Balaban J connectivity index is 1.68. The predicted molar refractivity (Wildman–Crippen MR) is 119 cm³/mol. The number of amides is 2. The van der Waals surface area contributed by atoms with Crippen molar-refractivity contribution in [3.8, 4) is 11.3 Å². The van der Waals surface area contributed by atoms with E-state index in [4.69, 9.17) is 28.2 Å². The van der Waals surface area contributed by atoms with Crippen LogP contribution in [0.15, 0.2) is 69.1 Å². The van der Waals surface area contributed by atoms with Gasteiger partial charge in [-0.1, -0.05) is 39.7 Å². The van der Waals surface area contributed by atoms with Crippen LogP contribution in [0.2, 0.25) is 5.02 Å². The molecule has 0 unspecified atom stereocenters. The van der Waals surface area contributed by atoms with Crippen LogP contribution in [-0.2, 0) is 9.59 Å². The number of carbonyl (C=O) groups excluding carboxylic acids is 2. The number of nitrogens with one attached hydrogen (secondary N) is 1. The van der Waals surface area contributed by atoms with Crippen LogP contribution in [0.25, 0.3) is 17.4 Å². The van der Waals surface area contributed by atoms with Gasteiger partial charge in [0, 0.05) is 10.0 Å². The molecule has 2 heterocycles. The molecule has 1 fully saturated rings. The van der Waals surface area contributed by atoms with Gasteiger partial charge in [-0.3, -0.25) is 19.8 Å². The second kappa shape index (κ2) is 8.14. The number of hydrogen-bond acceptors (Lipinski definition) is 4. The molecule has 0 atom stereocenters. The van der Waals surface area contributed by atoms with Gasteiger partial charge in [0.1, 0.15) is 22.9 Å². The highest BCUT2D eigenvalue weighted by Gasteiger charge is 2.35. The number of anilines is 1. The number of nitrogens with zero attached hydrogens (tertiary/aromatic N) is 1. The molecular formula is C21H11BrClFN2O3S. The quantitative estimate of drug-likeness (QED) is 0.297. The van der Waals surface area contributed by atoms with Crippen LogP contribution in [0.4, 0.5) is 10.1 Å². The number of benzene rings is 2. The first-order chi connectivity index (χ1) is 14.3. The maximum atomic E-state index is 13.5. The lowest BCUT2D eigenvalue weighted by Crippen LogP contribution is -2.54. The molecule has 1 aromatic heterocycles. The molecule has 30 heavy (non-hydrogen) atoms. The SMILES string of the molecule is O=C1NC(=S)N(c2ccc(F)c(Cl)c2)C(=O)/C1=C/c1ccc(-c2cccc(Br)c2)o1. The van der Waals surface area contributed by atoms with E-state index in [0.29, 0.717) is 11.5 Å². The highest BCUT2D eigenvalue weighted by Crippen LogP contribution is 2.28. The summed E-state index contributed by atoms with van der Waals surface area (Å²) in [4.78, 5) is 26.5. The average Bonchev–Trinajstić information content (AvgIpc) is 3.16. The molecule has 150 valence electrons. The van der Waals surface area contributed by atoms with Crippen molar-refractivity contribution in [2.24, 2.45) is 0 Å². The van der Waals surface area contributed by atoms with Crippen molar-refractivity contribution in [2.75, 3.05) is 4.90 Å². The number of carbonyl (C=O) groups is 2. The van der Waals surface area contributed by atoms with Crippen molar-refractivity contribution in [3.63, 3.8) is 0 Å². The molecule has 9 heteroatoms. The number of thiocarbonyl (C=S) groups is 1. The number of hydrogen-bond donors (Lipinski definition) is 1. The van der Waals surface area contributed by atoms with Crippen LogP contribution in [0.1, 0.15) is 5.76 Å². The molecule has 5 nitrogen and oxygen atoms in total. The zero-order valence-electron chi connectivity index (χ0n) is 15.0. The van der Waals surface area contributed by atoms with Crippen LogP contribution in [0.5, 0.6) is 0 Å². The van der Waals surface area contributed by atoms with Gasteiger partial charge < -0.3 is 4.42 Å². The number of halogens is 3. The molecule has 0 bridgehead atoms. The van der Waals surface area contributed by atoms with Gasteiger partial charge >= 0.3 is 0 Å². The van der Waals surface area contributed by atoms with Gasteiger partial charge in [0.05, 0.1) is 10.7 Å². The standard InChI is InChI=1S/C21H11BrClFN2O3S/c22-12-3-1-2-11(8-12)18-7-5-14(29-18)10-15-19(27)25-21(30)26(20(15)28)13-4-6-17(24)16(23)9-13/h1-10H,(H,25,27,30)/b15-10+. The minimum absolute atomic E-state index is 0.126.